The molecule has 10 aromatic rings. The van der Waals surface area contributed by atoms with Gasteiger partial charge < -0.3 is 28.0 Å². The van der Waals surface area contributed by atoms with E-state index in [0.717, 1.165) is 60.5 Å². The fourth-order valence-electron chi connectivity index (χ4n) is 8.50. The van der Waals surface area contributed by atoms with Crippen LogP contribution in [0.15, 0.2) is 116 Å². The molecule has 0 aliphatic heterocycles. The molecule has 0 unspecified atom stereocenters. The van der Waals surface area contributed by atoms with Crippen molar-refractivity contribution in [3.8, 4) is 6.07 Å². The van der Waals surface area contributed by atoms with Crippen molar-refractivity contribution < 1.29 is 53.9 Å². The molecular weight excluding hydrogens is 1180 g/mol. The van der Waals surface area contributed by atoms with Gasteiger partial charge in [0.25, 0.3) is 12.3 Å². The number of nitriles is 1. The maximum Gasteiger partial charge on any atom is 0.342 e. The summed E-state index contributed by atoms with van der Waals surface area (Å²) in [5, 5.41) is 28.3. The number of aryl methyl sites for hydroxylation is 2. The first kappa shape index (κ1) is 63.4. The first-order chi connectivity index (χ1) is 38.9. The average Bonchev–Trinajstić information content (AvgIpc) is 4.43. The normalized spacial score (nSPS) is 10.7. The molecule has 0 spiro atoms. The maximum absolute atomic E-state index is 13.6. The first-order valence-electron chi connectivity index (χ1n) is 24.8. The van der Waals surface area contributed by atoms with Crippen molar-refractivity contribution in [2.75, 3.05) is 18.9 Å². The van der Waals surface area contributed by atoms with E-state index in [1.165, 1.54) is 28.0 Å². The third-order valence-electron chi connectivity index (χ3n) is 12.2. The van der Waals surface area contributed by atoms with Crippen LogP contribution in [0.1, 0.15) is 107 Å². The zero-order valence-electron chi connectivity index (χ0n) is 45.0. The Morgan fingerprint density at radius 2 is 1.13 bits per heavy atom. The van der Waals surface area contributed by atoms with Crippen LogP contribution in [0.25, 0.3) is 32.7 Å². The molecule has 0 fully saturated rings. The van der Waals surface area contributed by atoms with Gasteiger partial charge in [0.05, 0.1) is 70.0 Å². The third-order valence-corrected chi connectivity index (χ3v) is 12.8. The molecule has 3 N–H and O–H groups in total. The van der Waals surface area contributed by atoms with E-state index in [2.05, 4.69) is 40.5 Å². The Kier molecular flexibility index (Phi) is 22.0. The number of nitrogen functional groups attached to an aromatic ring is 1. The minimum absolute atomic E-state index is 0. The number of ether oxygens (including phenoxy) is 2. The van der Waals surface area contributed by atoms with Gasteiger partial charge in [0.1, 0.15) is 34.4 Å². The number of halogens is 5. The number of alkyl halides is 2. The van der Waals surface area contributed by atoms with Crippen LogP contribution in [0.5, 0.6) is 0 Å². The number of hydrogen-bond acceptors (Lipinski definition) is 15. The number of anilines is 1. The van der Waals surface area contributed by atoms with E-state index in [9.17, 15) is 28.0 Å². The number of amides is 1. The zero-order chi connectivity index (χ0) is 57.9. The molecule has 0 aliphatic carbocycles. The number of aldehydes is 1. The summed E-state index contributed by atoms with van der Waals surface area (Å²) in [7, 11) is 0. The molecule has 7 heterocycles. The minimum Gasteiger partial charge on any atom is -0.462 e. The summed E-state index contributed by atoms with van der Waals surface area (Å²) in [4.78, 5) is 64.5. The van der Waals surface area contributed by atoms with Gasteiger partial charge in [-0.2, -0.15) is 20.6 Å². The minimum atomic E-state index is -2.90. The summed E-state index contributed by atoms with van der Waals surface area (Å²) in [5.41, 5.74) is 12.9. The van der Waals surface area contributed by atoms with Crippen LogP contribution in [0.4, 0.5) is 14.6 Å². The SMILES string of the molecule is CCOC(=O)c1cn(Cc2ccc3ncc(Cl)cc3c2)nc1C#N.CCOC(=O)c1cn(Cc2ccc3ncc(Cl)cc3c2)nc1C=O.Cc1cc(N)nc(C)c1CNC(=O)c1cn(Cc2ccc3ncc(Cl)cc3c2)nc1C(F)F.[CH3-].[Ni]. The van der Waals surface area contributed by atoms with Gasteiger partial charge >= 0.3 is 11.9 Å². The number of nitrogens with one attached hydrogen (secondary N) is 1. The Bertz CT molecular complexity index is 4030. The van der Waals surface area contributed by atoms with E-state index in [1.807, 2.05) is 79.7 Å². The van der Waals surface area contributed by atoms with Crippen LogP contribution in [0, 0.1) is 32.6 Å². The molecule has 0 atom stereocenters. The Morgan fingerprint density at radius 1 is 0.687 bits per heavy atom. The number of benzene rings is 3. The van der Waals surface area contributed by atoms with Crippen molar-refractivity contribution >= 4 is 97.5 Å². The van der Waals surface area contributed by atoms with Crippen LogP contribution < -0.4 is 11.1 Å². The van der Waals surface area contributed by atoms with Gasteiger partial charge in [-0.05, 0) is 116 Å². The number of hydrogen-bond donors (Lipinski definition) is 2. The molecule has 25 heteroatoms. The van der Waals surface area contributed by atoms with E-state index < -0.39 is 30.0 Å². The second-order valence-corrected chi connectivity index (χ2v) is 19.3. The maximum atomic E-state index is 13.6. The number of carbonyl (C=O) groups excluding carboxylic acids is 4. The molecule has 10 rings (SSSR count). The first-order valence-corrected chi connectivity index (χ1v) is 25.9. The predicted octanol–water partition coefficient (Wildman–Crippen LogP) is 11.3. The van der Waals surface area contributed by atoms with Crippen LogP contribution in [-0.2, 0) is 52.1 Å². The van der Waals surface area contributed by atoms with Crippen LogP contribution >= 0.6 is 34.8 Å². The number of rotatable bonds is 15. The second kappa shape index (κ2) is 28.8. The number of nitrogens with zero attached hydrogens (tertiary/aromatic N) is 11. The molecular formula is C58H51Cl3F2N13NiO6-. The summed E-state index contributed by atoms with van der Waals surface area (Å²) >= 11 is 17.9. The molecule has 0 saturated carbocycles. The Balaban J connectivity index is 0.000000201. The molecule has 83 heavy (non-hydrogen) atoms. The van der Waals surface area contributed by atoms with E-state index in [1.54, 1.807) is 56.2 Å². The zero-order valence-corrected chi connectivity index (χ0v) is 48.3. The smallest absolute Gasteiger partial charge is 0.342 e. The number of aromatic nitrogens is 10. The van der Waals surface area contributed by atoms with Crippen molar-refractivity contribution in [1.82, 2.24) is 54.6 Å². The van der Waals surface area contributed by atoms with Gasteiger partial charge in [0.15, 0.2) is 12.0 Å². The molecule has 19 nitrogen and oxygen atoms in total. The third kappa shape index (κ3) is 16.0. The molecule has 0 saturated heterocycles. The van der Waals surface area contributed by atoms with Crippen LogP contribution in [0.3, 0.4) is 0 Å². The molecule has 0 radical (unpaired) electrons. The number of pyridine rings is 4. The predicted molar refractivity (Wildman–Crippen MR) is 307 cm³/mol. The van der Waals surface area contributed by atoms with Crippen molar-refractivity contribution in [1.29, 1.82) is 5.26 Å². The van der Waals surface area contributed by atoms with Crippen LogP contribution in [0.2, 0.25) is 15.1 Å². The van der Waals surface area contributed by atoms with Gasteiger partial charge in [-0.3, -0.25) is 38.6 Å². The summed E-state index contributed by atoms with van der Waals surface area (Å²) in [5.74, 6) is -1.36. The number of carbonyl (C=O) groups is 4. The van der Waals surface area contributed by atoms with Gasteiger partial charge in [0, 0.05) is 82.1 Å². The van der Waals surface area contributed by atoms with E-state index in [4.69, 9.17) is 55.3 Å². The molecule has 0 bridgehead atoms. The van der Waals surface area contributed by atoms with Gasteiger partial charge in [-0.25, -0.2) is 23.4 Å². The summed E-state index contributed by atoms with van der Waals surface area (Å²) in [6.07, 6.45) is 6.78. The van der Waals surface area contributed by atoms with Crippen molar-refractivity contribution in [2.24, 2.45) is 0 Å². The quantitative estimate of drug-likeness (QED) is 0.0419. The standard InChI is InChI=1S/C23H21ClF2N6O.C17H13ClN4O2.C17H14ClN3O3.CH3.Ni/c1-12-5-20(27)30-13(2)17(12)9-29-23(33)18-11-32(31-21(18)22(25)26)10-14-3-4-19-15(6-14)7-16(24)8-28-19;1-2-24-17(23)14-10-22(21-16(14)7-19)9-11-3-4-15-12(5-11)6-13(18)8-20-15;1-2-24-17(23)14-9-21(20-16(14)10-22)8-11-3-4-15-12(5-11)6-13(18)7-19-15;;/h3-8,11,22H,9-10H2,1-2H3,(H2,27,30)(H,29,33);3-6,8,10H,2,9H2,1H3;3-7,9-10H,2,8H2,1H3;1H3;/q;;;-1;. The van der Waals surface area contributed by atoms with Gasteiger partial charge in [-0.1, -0.05) is 53.0 Å². The fraction of sp³-hybridized carbons (Fsp3) is 0.190. The van der Waals surface area contributed by atoms with E-state index in [-0.39, 0.29) is 78.3 Å². The van der Waals surface area contributed by atoms with E-state index >= 15 is 0 Å². The molecule has 430 valence electrons. The molecule has 3 aromatic carbocycles. The number of nitrogens with two attached hydrogens (primary N) is 1. The fourth-order valence-corrected chi connectivity index (χ4v) is 9.00. The van der Waals surface area contributed by atoms with Gasteiger partial charge in [0.2, 0.25) is 0 Å². The Hall–Kier alpha value is -8.74. The number of fused-ring (bicyclic) bond motifs is 3. The summed E-state index contributed by atoms with van der Waals surface area (Å²) in [6.45, 7) is 8.68. The number of esters is 2. The molecule has 1 amide bonds. The Morgan fingerprint density at radius 3 is 1.58 bits per heavy atom. The topological polar surface area (TPSA) is 254 Å². The van der Waals surface area contributed by atoms with E-state index in [0.29, 0.717) is 46.0 Å². The monoisotopic (exact) mass is 1230 g/mol. The van der Waals surface area contributed by atoms with Crippen molar-refractivity contribution in [3.63, 3.8) is 0 Å². The summed E-state index contributed by atoms with van der Waals surface area (Å²) < 4.78 is 41.5. The van der Waals surface area contributed by atoms with Crippen molar-refractivity contribution in [3.05, 3.63) is 206 Å². The largest absolute Gasteiger partial charge is 0.462 e. The van der Waals surface area contributed by atoms with Crippen LogP contribution in [-0.4, -0.2) is 86.6 Å². The average molecular weight is 1230 g/mol. The molecule has 7 aromatic heterocycles. The molecule has 0 aliphatic rings. The van der Waals surface area contributed by atoms with Crippen molar-refractivity contribution in [2.45, 2.75) is 60.3 Å². The van der Waals surface area contributed by atoms with Gasteiger partial charge in [-0.15, -0.1) is 0 Å². The summed E-state index contributed by atoms with van der Waals surface area (Å²) in [6, 6.07) is 26.1. The Labute approximate surface area is 499 Å². The second-order valence-electron chi connectivity index (χ2n) is 18.0.